The summed E-state index contributed by atoms with van der Waals surface area (Å²) in [5.41, 5.74) is 1.81. The number of halogens is 2. The van der Waals surface area contributed by atoms with Crippen molar-refractivity contribution in [3.8, 4) is 0 Å². The van der Waals surface area contributed by atoms with Crippen LogP contribution in [0.5, 0.6) is 0 Å². The fourth-order valence-corrected chi connectivity index (χ4v) is 4.29. The van der Waals surface area contributed by atoms with E-state index in [0.29, 0.717) is 0 Å². The van der Waals surface area contributed by atoms with Crippen molar-refractivity contribution < 1.29 is 22.4 Å². The maximum absolute atomic E-state index is 13.6. The highest BCUT2D eigenvalue weighted by Gasteiger charge is 2.30. The van der Waals surface area contributed by atoms with Crippen LogP contribution in [0.3, 0.4) is 0 Å². The molecule has 0 aliphatic carbocycles. The molecule has 2 amide bonds. The number of amides is 2. The van der Waals surface area contributed by atoms with Gasteiger partial charge in [0.25, 0.3) is 0 Å². The average Bonchev–Trinajstić information content (AvgIpc) is 2.77. The normalized spacial score (nSPS) is 13.1. The Morgan fingerprint density at radius 2 is 1.79 bits per heavy atom. The summed E-state index contributed by atoms with van der Waals surface area (Å²) in [7, 11) is -3.92. The topological polar surface area (TPSA) is 86.8 Å². The molecule has 0 aliphatic heterocycles. The van der Waals surface area contributed by atoms with Crippen LogP contribution >= 0.6 is 11.6 Å². The summed E-state index contributed by atoms with van der Waals surface area (Å²) in [6.07, 6.45) is 1.67. The van der Waals surface area contributed by atoms with Gasteiger partial charge in [0.2, 0.25) is 21.8 Å². The van der Waals surface area contributed by atoms with E-state index in [-0.39, 0.29) is 29.2 Å². The van der Waals surface area contributed by atoms with Crippen LogP contribution in [0.1, 0.15) is 38.3 Å². The molecule has 7 nitrogen and oxygen atoms in total. The maximum atomic E-state index is 13.6. The number of rotatable bonds is 10. The highest BCUT2D eigenvalue weighted by molar-refractivity contribution is 7.92. The molecule has 2 atom stereocenters. The van der Waals surface area contributed by atoms with E-state index in [9.17, 15) is 22.4 Å². The van der Waals surface area contributed by atoms with Crippen LogP contribution in [-0.4, -0.2) is 50.0 Å². The van der Waals surface area contributed by atoms with Gasteiger partial charge in [-0.05, 0) is 56.5 Å². The Morgan fingerprint density at radius 1 is 1.15 bits per heavy atom. The predicted molar refractivity (Wildman–Crippen MR) is 133 cm³/mol. The number of sulfonamides is 1. The standard InChI is InChI=1S/C24H31ClFN3O4S/c1-6-17(3)27-24(31)18(4)28(14-19-10-8-7-9-16(19)2)23(30)15-29(34(5,32)33)20-11-12-22(26)21(25)13-20/h7-13,17-18H,6,14-15H2,1-5H3,(H,27,31)/t17-,18-/m0/s1. The summed E-state index contributed by atoms with van der Waals surface area (Å²) >= 11 is 5.84. The highest BCUT2D eigenvalue weighted by atomic mass is 35.5. The van der Waals surface area contributed by atoms with Crippen LogP contribution in [-0.2, 0) is 26.2 Å². The van der Waals surface area contributed by atoms with Crippen LogP contribution in [0.25, 0.3) is 0 Å². The zero-order valence-electron chi connectivity index (χ0n) is 20.0. The lowest BCUT2D eigenvalue weighted by molar-refractivity contribution is -0.139. The molecule has 34 heavy (non-hydrogen) atoms. The van der Waals surface area contributed by atoms with Gasteiger partial charge in [0.05, 0.1) is 17.0 Å². The number of benzene rings is 2. The van der Waals surface area contributed by atoms with Crippen LogP contribution in [0.4, 0.5) is 10.1 Å². The summed E-state index contributed by atoms with van der Waals surface area (Å²) in [6, 6.07) is 9.92. The number of anilines is 1. The van der Waals surface area contributed by atoms with Crippen molar-refractivity contribution in [3.63, 3.8) is 0 Å². The molecule has 0 heterocycles. The lowest BCUT2D eigenvalue weighted by Gasteiger charge is -2.32. The number of hydrogen-bond donors (Lipinski definition) is 1. The van der Waals surface area contributed by atoms with Crippen LogP contribution in [0.2, 0.25) is 5.02 Å². The van der Waals surface area contributed by atoms with Crippen LogP contribution < -0.4 is 9.62 Å². The Morgan fingerprint density at radius 3 is 2.35 bits per heavy atom. The predicted octanol–water partition coefficient (Wildman–Crippen LogP) is 3.89. The molecular weight excluding hydrogens is 481 g/mol. The summed E-state index contributed by atoms with van der Waals surface area (Å²) in [5, 5.41) is 2.60. The van der Waals surface area contributed by atoms with E-state index in [1.807, 2.05) is 45.0 Å². The van der Waals surface area contributed by atoms with Gasteiger partial charge in [-0.3, -0.25) is 13.9 Å². The summed E-state index contributed by atoms with van der Waals surface area (Å²) in [6.45, 7) is 6.83. The molecule has 0 aromatic heterocycles. The number of carbonyl (C=O) groups excluding carboxylic acids is 2. The monoisotopic (exact) mass is 511 g/mol. The van der Waals surface area contributed by atoms with E-state index in [1.54, 1.807) is 6.92 Å². The molecule has 0 saturated carbocycles. The first kappa shape index (κ1) is 27.6. The number of aryl methyl sites for hydroxylation is 1. The third kappa shape index (κ3) is 7.17. The number of hydrogen-bond acceptors (Lipinski definition) is 4. The summed E-state index contributed by atoms with van der Waals surface area (Å²) in [5.74, 6) is -1.63. The van der Waals surface area contributed by atoms with Crippen LogP contribution in [0, 0.1) is 12.7 Å². The number of carbonyl (C=O) groups is 2. The van der Waals surface area contributed by atoms with E-state index < -0.39 is 34.3 Å². The molecular formula is C24H31ClFN3O4S. The molecule has 2 rings (SSSR count). The molecule has 0 bridgehead atoms. The summed E-state index contributed by atoms with van der Waals surface area (Å²) < 4.78 is 39.5. The van der Waals surface area contributed by atoms with Crippen molar-refractivity contribution in [1.29, 1.82) is 0 Å². The van der Waals surface area contributed by atoms with Gasteiger partial charge in [0, 0.05) is 12.6 Å². The fourth-order valence-electron chi connectivity index (χ4n) is 3.27. The molecule has 0 fully saturated rings. The van der Waals surface area contributed by atoms with E-state index in [4.69, 9.17) is 11.6 Å². The third-order valence-electron chi connectivity index (χ3n) is 5.64. The Bertz CT molecular complexity index is 1140. The molecule has 0 unspecified atom stereocenters. The Labute approximate surface area is 205 Å². The molecule has 0 radical (unpaired) electrons. The number of nitrogens with zero attached hydrogens (tertiary/aromatic N) is 2. The Kier molecular flexibility index (Phi) is 9.46. The van der Waals surface area contributed by atoms with Gasteiger partial charge in [-0.2, -0.15) is 0 Å². The van der Waals surface area contributed by atoms with Gasteiger partial charge in [-0.25, -0.2) is 12.8 Å². The quantitative estimate of drug-likeness (QED) is 0.524. The maximum Gasteiger partial charge on any atom is 0.244 e. The smallest absolute Gasteiger partial charge is 0.244 e. The van der Waals surface area contributed by atoms with Crippen molar-refractivity contribution in [1.82, 2.24) is 10.2 Å². The molecule has 10 heteroatoms. The van der Waals surface area contributed by atoms with Gasteiger partial charge >= 0.3 is 0 Å². The zero-order chi connectivity index (χ0) is 25.6. The van der Waals surface area contributed by atoms with E-state index >= 15 is 0 Å². The number of nitrogens with one attached hydrogen (secondary N) is 1. The lowest BCUT2D eigenvalue weighted by Crippen LogP contribution is -2.52. The first-order valence-corrected chi connectivity index (χ1v) is 13.1. The Balaban J connectivity index is 2.42. The van der Waals surface area contributed by atoms with Gasteiger partial charge in [-0.15, -0.1) is 0 Å². The molecule has 186 valence electrons. The molecule has 0 saturated heterocycles. The minimum atomic E-state index is -3.92. The van der Waals surface area contributed by atoms with Gasteiger partial charge in [0.15, 0.2) is 0 Å². The SMILES string of the molecule is CC[C@H](C)NC(=O)[C@H](C)N(Cc1ccccc1C)C(=O)CN(c1ccc(F)c(Cl)c1)S(C)(=O)=O. The van der Waals surface area contributed by atoms with Crippen molar-refractivity contribution in [2.24, 2.45) is 0 Å². The molecule has 1 N–H and O–H groups in total. The van der Waals surface area contributed by atoms with Gasteiger partial charge in [-0.1, -0.05) is 42.8 Å². The van der Waals surface area contributed by atoms with Crippen molar-refractivity contribution in [3.05, 3.63) is 64.4 Å². The third-order valence-corrected chi connectivity index (χ3v) is 7.07. The van der Waals surface area contributed by atoms with Crippen LogP contribution in [0.15, 0.2) is 42.5 Å². The largest absolute Gasteiger partial charge is 0.352 e. The molecule has 0 aliphatic rings. The highest BCUT2D eigenvalue weighted by Crippen LogP contribution is 2.25. The Hall–Kier alpha value is -2.65. The average molecular weight is 512 g/mol. The first-order valence-electron chi connectivity index (χ1n) is 10.9. The van der Waals surface area contributed by atoms with Gasteiger partial charge < -0.3 is 10.2 Å². The second-order valence-electron chi connectivity index (χ2n) is 8.31. The van der Waals surface area contributed by atoms with E-state index in [1.165, 1.54) is 11.0 Å². The van der Waals surface area contributed by atoms with Crippen molar-refractivity contribution >= 4 is 39.1 Å². The second kappa shape index (κ2) is 11.7. The van der Waals surface area contributed by atoms with Gasteiger partial charge in [0.1, 0.15) is 18.4 Å². The van der Waals surface area contributed by atoms with Crippen molar-refractivity contribution in [2.45, 2.75) is 52.7 Å². The fraction of sp³-hybridized carbons (Fsp3) is 0.417. The molecule has 2 aromatic rings. The first-order chi connectivity index (χ1) is 15.8. The lowest BCUT2D eigenvalue weighted by atomic mass is 10.1. The molecule has 0 spiro atoms. The molecule has 2 aromatic carbocycles. The van der Waals surface area contributed by atoms with E-state index in [0.717, 1.165) is 40.2 Å². The second-order valence-corrected chi connectivity index (χ2v) is 10.6. The summed E-state index contributed by atoms with van der Waals surface area (Å²) in [4.78, 5) is 27.7. The van der Waals surface area contributed by atoms with Crippen molar-refractivity contribution in [2.75, 3.05) is 17.1 Å². The minimum Gasteiger partial charge on any atom is -0.352 e. The van der Waals surface area contributed by atoms with E-state index in [2.05, 4.69) is 5.32 Å². The zero-order valence-corrected chi connectivity index (χ0v) is 21.6. The minimum absolute atomic E-state index is 0.0507.